The highest BCUT2D eigenvalue weighted by atomic mass is 79.9. The van der Waals surface area contributed by atoms with Gasteiger partial charge in [-0.3, -0.25) is 0 Å². The van der Waals surface area contributed by atoms with Gasteiger partial charge in [0, 0.05) is 4.47 Å². The van der Waals surface area contributed by atoms with Gasteiger partial charge in [0.2, 0.25) is 0 Å². The Morgan fingerprint density at radius 3 is 2.86 bits per heavy atom. The highest BCUT2D eigenvalue weighted by Crippen LogP contribution is 2.17. The summed E-state index contributed by atoms with van der Waals surface area (Å²) >= 11 is 3.37. The molecule has 0 N–H and O–H groups in total. The number of methoxy groups -OCH3 is 1. The smallest absolute Gasteiger partial charge is 0.338 e. The van der Waals surface area contributed by atoms with Crippen molar-refractivity contribution in [2.45, 2.75) is 13.1 Å². The van der Waals surface area contributed by atoms with Gasteiger partial charge >= 0.3 is 5.97 Å². The van der Waals surface area contributed by atoms with Crippen LogP contribution >= 0.6 is 15.9 Å². The average Bonchev–Trinajstić information content (AvgIpc) is 2.17. The Hall–Kier alpha value is -0.765. The van der Waals surface area contributed by atoms with Gasteiger partial charge in [-0.15, -0.1) is 0 Å². The lowest BCUT2D eigenvalue weighted by atomic mass is 9.74. The van der Waals surface area contributed by atoms with E-state index < -0.39 is 0 Å². The molecule has 0 amide bonds. The number of esters is 1. The van der Waals surface area contributed by atoms with Crippen LogP contribution in [0.25, 0.3) is 0 Å². The van der Waals surface area contributed by atoms with Crippen LogP contribution in [0.1, 0.15) is 15.9 Å². The zero-order valence-corrected chi connectivity index (χ0v) is 9.80. The lowest BCUT2D eigenvalue weighted by Gasteiger charge is -2.06. The molecule has 0 heterocycles. The van der Waals surface area contributed by atoms with E-state index in [0.29, 0.717) is 5.56 Å². The van der Waals surface area contributed by atoms with Crippen molar-refractivity contribution >= 4 is 29.2 Å². The molecule has 0 unspecified atom stereocenters. The molecule has 4 heteroatoms. The Balaban J connectivity index is 3.07. The van der Waals surface area contributed by atoms with Gasteiger partial charge in [-0.05, 0) is 23.8 Å². The Kier molecular flexibility index (Phi) is 4.20. The minimum absolute atomic E-state index is 0.283. The molecule has 0 fully saturated rings. The molecule has 1 radical (unpaired) electrons. The molecule has 1 aromatic rings. The van der Waals surface area contributed by atoms with E-state index in [-0.39, 0.29) is 5.97 Å². The summed E-state index contributed by atoms with van der Waals surface area (Å²) in [7, 11) is 3.40. The van der Waals surface area contributed by atoms with Crippen molar-refractivity contribution in [3.63, 3.8) is 0 Å². The van der Waals surface area contributed by atoms with Gasteiger partial charge in [-0.2, -0.15) is 0 Å². The summed E-state index contributed by atoms with van der Waals surface area (Å²) in [6.07, 6.45) is 0.768. The fourth-order valence-corrected chi connectivity index (χ4v) is 1.67. The van der Waals surface area contributed by atoms with Gasteiger partial charge in [-0.1, -0.05) is 29.1 Å². The normalized spacial score (nSPS) is 9.64. The van der Waals surface area contributed by atoms with Gasteiger partial charge in [0.05, 0.1) is 12.7 Å². The molecule has 0 saturated heterocycles. The average molecular weight is 254 g/mol. The maximum absolute atomic E-state index is 11.4. The number of rotatable bonds is 3. The topological polar surface area (TPSA) is 26.3 Å². The number of carbonyl (C=O) groups is 1. The van der Waals surface area contributed by atoms with Gasteiger partial charge in [0.25, 0.3) is 0 Å². The van der Waals surface area contributed by atoms with Crippen molar-refractivity contribution in [2.24, 2.45) is 0 Å². The van der Waals surface area contributed by atoms with Crippen LogP contribution < -0.4 is 0 Å². The van der Waals surface area contributed by atoms with Crippen molar-refractivity contribution in [3.8, 4) is 0 Å². The zero-order chi connectivity index (χ0) is 10.6. The van der Waals surface area contributed by atoms with E-state index in [1.165, 1.54) is 7.11 Å². The van der Waals surface area contributed by atoms with Crippen LogP contribution in [0, 0.1) is 0 Å². The lowest BCUT2D eigenvalue weighted by Crippen LogP contribution is -2.07. The summed E-state index contributed by atoms with van der Waals surface area (Å²) in [5, 5.41) is 0. The Labute approximate surface area is 93.0 Å². The first kappa shape index (κ1) is 11.3. The molecule has 1 rings (SSSR count). The minimum Gasteiger partial charge on any atom is -0.465 e. The monoisotopic (exact) mass is 253 g/mol. The van der Waals surface area contributed by atoms with Crippen LogP contribution in [0.5, 0.6) is 0 Å². The molecule has 73 valence electrons. The van der Waals surface area contributed by atoms with E-state index in [9.17, 15) is 4.79 Å². The summed E-state index contributed by atoms with van der Waals surface area (Å²) in [6, 6.07) is 5.55. The standard InChI is InChI=1S/C10H11BBrO2/c1-11-6-7-5-8(12)3-4-9(7)10(13)14-2/h3-5H,6H2,1-2H3. The molecule has 2 nitrogen and oxygen atoms in total. The van der Waals surface area contributed by atoms with Crippen LogP contribution in [-0.4, -0.2) is 20.4 Å². The van der Waals surface area contributed by atoms with E-state index in [1.54, 1.807) is 6.07 Å². The number of halogens is 1. The molecule has 1 aromatic carbocycles. The largest absolute Gasteiger partial charge is 0.465 e. The van der Waals surface area contributed by atoms with Gasteiger partial charge in [-0.25, -0.2) is 4.79 Å². The first-order valence-corrected chi connectivity index (χ1v) is 5.13. The van der Waals surface area contributed by atoms with Crippen molar-refractivity contribution in [3.05, 3.63) is 33.8 Å². The third kappa shape index (κ3) is 2.61. The zero-order valence-electron chi connectivity index (χ0n) is 8.21. The van der Waals surface area contributed by atoms with Crippen molar-refractivity contribution in [1.29, 1.82) is 0 Å². The van der Waals surface area contributed by atoms with Crippen LogP contribution in [0.2, 0.25) is 6.82 Å². The Morgan fingerprint density at radius 1 is 1.57 bits per heavy atom. The SMILES string of the molecule is C[B]Cc1cc(Br)ccc1C(=O)OC. The molecule has 14 heavy (non-hydrogen) atoms. The van der Waals surface area contributed by atoms with Crippen LogP contribution in [0.4, 0.5) is 0 Å². The summed E-state index contributed by atoms with van der Waals surface area (Å²) in [5.74, 6) is -0.283. The maximum atomic E-state index is 11.4. The second kappa shape index (κ2) is 5.20. The first-order chi connectivity index (χ1) is 6.69. The predicted octanol–water partition coefficient (Wildman–Crippen LogP) is 2.49. The van der Waals surface area contributed by atoms with Gasteiger partial charge in [0.15, 0.2) is 0 Å². The van der Waals surface area contributed by atoms with Crippen molar-refractivity contribution in [1.82, 2.24) is 0 Å². The maximum Gasteiger partial charge on any atom is 0.338 e. The highest BCUT2D eigenvalue weighted by molar-refractivity contribution is 9.10. The fraction of sp³-hybridized carbons (Fsp3) is 0.300. The number of carbonyl (C=O) groups excluding carboxylic acids is 1. The summed E-state index contributed by atoms with van der Waals surface area (Å²) in [4.78, 5) is 11.4. The molecule has 0 aromatic heterocycles. The third-order valence-corrected chi connectivity index (χ3v) is 2.39. The predicted molar refractivity (Wildman–Crippen MR) is 60.8 cm³/mol. The minimum atomic E-state index is -0.283. The van der Waals surface area contributed by atoms with E-state index in [4.69, 9.17) is 4.74 Å². The molecule has 0 aliphatic carbocycles. The second-order valence-electron chi connectivity index (χ2n) is 2.91. The number of hydrogen-bond acceptors (Lipinski definition) is 2. The van der Waals surface area contributed by atoms with E-state index in [2.05, 4.69) is 15.9 Å². The molecular formula is C10H11BBrO2. The molecule has 0 saturated carbocycles. The van der Waals surface area contributed by atoms with Crippen LogP contribution in [-0.2, 0) is 11.1 Å². The molecule has 0 bridgehead atoms. The second-order valence-corrected chi connectivity index (χ2v) is 3.82. The highest BCUT2D eigenvalue weighted by Gasteiger charge is 2.10. The first-order valence-electron chi connectivity index (χ1n) is 4.33. The summed E-state index contributed by atoms with van der Waals surface area (Å²) in [5.41, 5.74) is 1.61. The van der Waals surface area contributed by atoms with Gasteiger partial charge in [0.1, 0.15) is 7.28 Å². The van der Waals surface area contributed by atoms with Crippen molar-refractivity contribution < 1.29 is 9.53 Å². The van der Waals surface area contributed by atoms with E-state index in [1.807, 2.05) is 26.2 Å². The summed E-state index contributed by atoms with van der Waals surface area (Å²) < 4.78 is 5.67. The molecule has 0 atom stereocenters. The molecule has 0 aliphatic rings. The lowest BCUT2D eigenvalue weighted by molar-refractivity contribution is 0.0600. The summed E-state index contributed by atoms with van der Waals surface area (Å²) in [6.45, 7) is 1.96. The number of hydrogen-bond donors (Lipinski definition) is 0. The van der Waals surface area contributed by atoms with Crippen LogP contribution in [0.15, 0.2) is 22.7 Å². The Bertz CT molecular complexity index is 339. The molecule has 0 aliphatic heterocycles. The van der Waals surface area contributed by atoms with Gasteiger partial charge < -0.3 is 4.74 Å². The van der Waals surface area contributed by atoms with Crippen molar-refractivity contribution in [2.75, 3.05) is 7.11 Å². The fourth-order valence-electron chi connectivity index (χ4n) is 1.26. The van der Waals surface area contributed by atoms with E-state index in [0.717, 1.165) is 16.4 Å². The number of ether oxygens (including phenoxy) is 1. The quantitative estimate of drug-likeness (QED) is 0.611. The van der Waals surface area contributed by atoms with Crippen LogP contribution in [0.3, 0.4) is 0 Å². The molecular weight excluding hydrogens is 243 g/mol. The molecule has 0 spiro atoms. The third-order valence-electron chi connectivity index (χ3n) is 1.90. The number of benzene rings is 1. The Morgan fingerprint density at radius 2 is 2.29 bits per heavy atom. The van der Waals surface area contributed by atoms with E-state index >= 15 is 0 Å².